The fourth-order valence-electron chi connectivity index (χ4n) is 5.94. The number of nitrogens with zero attached hydrogens (tertiary/aromatic N) is 2. The molecular weight excluding hydrogens is 664 g/mol. The summed E-state index contributed by atoms with van der Waals surface area (Å²) in [5.74, 6) is -1.84. The van der Waals surface area contributed by atoms with Crippen LogP contribution in [0.15, 0.2) is 0 Å². The third kappa shape index (κ3) is 17.3. The van der Waals surface area contributed by atoms with E-state index in [2.05, 4.69) is 10.6 Å². The van der Waals surface area contributed by atoms with Crippen molar-refractivity contribution in [2.24, 2.45) is 0 Å². The van der Waals surface area contributed by atoms with Gasteiger partial charge in [0.25, 0.3) is 11.8 Å². The molecule has 0 saturated carbocycles. The molecule has 2 atom stereocenters. The van der Waals surface area contributed by atoms with Crippen LogP contribution in [0.4, 0.5) is 0 Å². The van der Waals surface area contributed by atoms with Gasteiger partial charge in [-0.1, -0.05) is 0 Å². The lowest BCUT2D eigenvalue weighted by Crippen LogP contribution is -2.66. The highest BCUT2D eigenvalue weighted by molar-refractivity contribution is 5.87. The van der Waals surface area contributed by atoms with Crippen molar-refractivity contribution >= 4 is 23.8 Å². The summed E-state index contributed by atoms with van der Waals surface area (Å²) in [4.78, 5) is 58.6. The van der Waals surface area contributed by atoms with Gasteiger partial charge in [0.2, 0.25) is 0 Å². The minimum atomic E-state index is -1.48. The first-order valence-corrected chi connectivity index (χ1v) is 17.9. The Balaban J connectivity index is 2.67. The summed E-state index contributed by atoms with van der Waals surface area (Å²) in [7, 11) is 0. The first-order chi connectivity index (χ1) is 23.3. The second kappa shape index (κ2) is 18.6. The molecule has 15 heteroatoms. The highest BCUT2D eigenvalue weighted by Crippen LogP contribution is 2.23. The Bertz CT molecular complexity index is 1080. The van der Waals surface area contributed by atoms with Crippen LogP contribution >= 0.6 is 0 Å². The van der Waals surface area contributed by atoms with Crippen molar-refractivity contribution in [2.45, 2.75) is 117 Å². The molecule has 0 aromatic carbocycles. The molecule has 0 radical (unpaired) electrons. The lowest BCUT2D eigenvalue weighted by atomic mass is 9.95. The number of nitrogens with one attached hydrogen (secondary N) is 2. The van der Waals surface area contributed by atoms with Crippen molar-refractivity contribution in [2.75, 3.05) is 92.1 Å². The first-order valence-electron chi connectivity index (χ1n) is 17.9. The summed E-state index contributed by atoms with van der Waals surface area (Å²) < 4.78 is 40.9. The highest BCUT2D eigenvalue weighted by Gasteiger charge is 2.45. The zero-order valence-corrected chi connectivity index (χ0v) is 33.3. The van der Waals surface area contributed by atoms with Crippen LogP contribution in [0.5, 0.6) is 0 Å². The molecule has 2 amide bonds. The van der Waals surface area contributed by atoms with Crippen LogP contribution in [0.1, 0.15) is 83.1 Å². The number of ether oxygens (including phenoxy) is 7. The van der Waals surface area contributed by atoms with E-state index >= 15 is 0 Å². The van der Waals surface area contributed by atoms with Crippen LogP contribution in [-0.4, -0.2) is 159 Å². The second-order valence-corrected chi connectivity index (χ2v) is 17.1. The van der Waals surface area contributed by atoms with E-state index in [-0.39, 0.29) is 65.7 Å². The van der Waals surface area contributed by atoms with Crippen molar-refractivity contribution in [3.05, 3.63) is 0 Å². The molecule has 0 spiro atoms. The average molecular weight is 731 g/mol. The van der Waals surface area contributed by atoms with Crippen LogP contribution in [0.2, 0.25) is 0 Å². The van der Waals surface area contributed by atoms with Crippen molar-refractivity contribution < 1.29 is 52.3 Å². The van der Waals surface area contributed by atoms with Crippen LogP contribution in [0.3, 0.4) is 0 Å². The molecule has 15 nitrogen and oxygen atoms in total. The third-order valence-corrected chi connectivity index (χ3v) is 7.74. The normalized spacial score (nSPS) is 27.7. The maximum absolute atomic E-state index is 14.3. The van der Waals surface area contributed by atoms with Crippen molar-refractivity contribution in [1.82, 2.24) is 20.4 Å². The van der Waals surface area contributed by atoms with Crippen molar-refractivity contribution in [3.63, 3.8) is 0 Å². The van der Waals surface area contributed by atoms with Crippen LogP contribution in [0.25, 0.3) is 0 Å². The van der Waals surface area contributed by atoms with Gasteiger partial charge in [0.05, 0.1) is 65.9 Å². The van der Waals surface area contributed by atoms with E-state index in [1.807, 2.05) is 27.7 Å². The lowest BCUT2D eigenvalue weighted by molar-refractivity contribution is -0.164. The lowest BCUT2D eigenvalue weighted by Gasteiger charge is -2.44. The van der Waals surface area contributed by atoms with E-state index in [0.29, 0.717) is 26.4 Å². The summed E-state index contributed by atoms with van der Waals surface area (Å²) in [5.41, 5.74) is -6.32. The van der Waals surface area contributed by atoms with Gasteiger partial charge in [0.1, 0.15) is 11.2 Å². The SMILES string of the molecule is CC1(C)CN(CC(=O)OC(C)(C)C)CC2(C)OCCOCCOCCOCCOC(C)(CN(CC(=O)OC(C)(C)C)CC(C)(C)NC2=O)C(=O)N1. The molecule has 296 valence electrons. The standard InChI is InChI=1S/C36H66N4O11/c1-31(2,3)50-27(41)21-39-23-33(7,8)37-30(44)36(12)26-40(22-28(42)51-32(4,5)6)24-34(9,10)38-29(43)35(11,25-39)48-19-17-46-15-13-45-14-16-47-18-20-49-36/h13-26H2,1-12H3,(H,37,44)(H,38,43). The van der Waals surface area contributed by atoms with E-state index < -0.39 is 57.2 Å². The largest absolute Gasteiger partial charge is 0.459 e. The van der Waals surface area contributed by atoms with E-state index in [9.17, 15) is 19.2 Å². The molecule has 3 aliphatic heterocycles. The van der Waals surface area contributed by atoms with Gasteiger partial charge in [-0.3, -0.25) is 29.0 Å². The number of hydrogen-bond donors (Lipinski definition) is 2. The summed E-state index contributed by atoms with van der Waals surface area (Å²) >= 11 is 0. The van der Waals surface area contributed by atoms with Gasteiger partial charge in [-0.25, -0.2) is 0 Å². The van der Waals surface area contributed by atoms with Crippen LogP contribution < -0.4 is 10.6 Å². The van der Waals surface area contributed by atoms with Gasteiger partial charge in [0.15, 0.2) is 11.2 Å². The highest BCUT2D eigenvalue weighted by atomic mass is 16.6. The molecule has 2 N–H and O–H groups in total. The average Bonchev–Trinajstić information content (AvgIpc) is 2.91. The van der Waals surface area contributed by atoms with E-state index in [0.717, 1.165) is 0 Å². The molecule has 0 aromatic heterocycles. The molecule has 3 saturated heterocycles. The molecule has 0 aliphatic carbocycles. The fourth-order valence-corrected chi connectivity index (χ4v) is 5.94. The molecule has 3 fully saturated rings. The zero-order valence-electron chi connectivity index (χ0n) is 33.3. The van der Waals surface area contributed by atoms with Gasteiger partial charge in [-0.05, 0) is 83.1 Å². The topological polar surface area (TPSA) is 163 Å². The Morgan fingerprint density at radius 3 is 1.16 bits per heavy atom. The third-order valence-electron chi connectivity index (χ3n) is 7.74. The quantitative estimate of drug-likeness (QED) is 0.318. The molecule has 3 aliphatic rings. The van der Waals surface area contributed by atoms with Crippen molar-refractivity contribution in [1.29, 1.82) is 0 Å². The summed E-state index contributed by atoms with van der Waals surface area (Å²) in [6.07, 6.45) is 0. The second-order valence-electron chi connectivity index (χ2n) is 17.1. The Kier molecular flexibility index (Phi) is 16.3. The molecule has 3 heterocycles. The van der Waals surface area contributed by atoms with Gasteiger partial charge >= 0.3 is 11.9 Å². The van der Waals surface area contributed by atoms with Gasteiger partial charge in [-0.15, -0.1) is 0 Å². The Morgan fingerprint density at radius 1 is 0.569 bits per heavy atom. The predicted octanol–water partition coefficient (Wildman–Crippen LogP) is 1.69. The number of fused-ring (bicyclic) bond motifs is 22. The number of rotatable bonds is 4. The van der Waals surface area contributed by atoms with Gasteiger partial charge < -0.3 is 43.8 Å². The van der Waals surface area contributed by atoms with Crippen molar-refractivity contribution in [3.8, 4) is 0 Å². The van der Waals surface area contributed by atoms with E-state index in [1.165, 1.54) is 0 Å². The molecule has 2 bridgehead atoms. The summed E-state index contributed by atoms with van der Waals surface area (Å²) in [5, 5.41) is 6.25. The Morgan fingerprint density at radius 2 is 0.863 bits per heavy atom. The fraction of sp³-hybridized carbons (Fsp3) is 0.889. The zero-order chi connectivity index (χ0) is 38.7. The maximum atomic E-state index is 14.3. The van der Waals surface area contributed by atoms with Gasteiger partial charge in [-0.2, -0.15) is 0 Å². The van der Waals surface area contributed by atoms with Gasteiger partial charge in [0, 0.05) is 37.3 Å². The predicted molar refractivity (Wildman–Crippen MR) is 190 cm³/mol. The molecule has 2 unspecified atom stereocenters. The van der Waals surface area contributed by atoms with Crippen LogP contribution in [-0.2, 0) is 52.3 Å². The molecule has 3 rings (SSSR count). The number of carbonyl (C=O) groups excluding carboxylic acids is 4. The Labute approximate surface area is 305 Å². The van der Waals surface area contributed by atoms with E-state index in [1.54, 1.807) is 65.2 Å². The minimum absolute atomic E-state index is 0.0245. The smallest absolute Gasteiger partial charge is 0.320 e. The molecule has 51 heavy (non-hydrogen) atoms. The molecule has 0 aromatic rings. The minimum Gasteiger partial charge on any atom is -0.459 e. The van der Waals surface area contributed by atoms with Crippen LogP contribution in [0, 0.1) is 0 Å². The monoisotopic (exact) mass is 730 g/mol. The molecular formula is C36H66N4O11. The van der Waals surface area contributed by atoms with E-state index in [4.69, 9.17) is 33.2 Å². The number of hydrogen-bond acceptors (Lipinski definition) is 13. The number of amides is 2. The number of carbonyl (C=O) groups is 4. The maximum Gasteiger partial charge on any atom is 0.320 e. The summed E-state index contributed by atoms with van der Waals surface area (Å²) in [6, 6.07) is 0. The first kappa shape index (κ1) is 44.8. The number of esters is 2. The Hall–Kier alpha value is -2.40. The summed E-state index contributed by atoms with van der Waals surface area (Å²) in [6.45, 7) is 23.1.